The lowest BCUT2D eigenvalue weighted by Crippen LogP contribution is -2.26. The van der Waals surface area contributed by atoms with E-state index < -0.39 is 17.8 Å². The lowest BCUT2D eigenvalue weighted by Gasteiger charge is -2.19. The number of carboxylic acids is 1. The largest absolute Gasteiger partial charge is 0.493 e. The molecule has 0 amide bonds. The Morgan fingerprint density at radius 2 is 1.86 bits per heavy atom. The SMILES string of the molecule is CCOc1ccc(C)cc1-c1ccc(-c2nc3ccc(F)cc3c(NC(C)C(=O)O)c2C=NC)cc1. The number of aliphatic imine (C=N–C) groups is 1. The minimum absolute atomic E-state index is 0.435. The van der Waals surface area contributed by atoms with E-state index in [0.29, 0.717) is 34.5 Å². The Hall–Kier alpha value is -4.26. The Morgan fingerprint density at radius 1 is 1.14 bits per heavy atom. The maximum atomic E-state index is 14.2. The van der Waals surface area contributed by atoms with Crippen molar-refractivity contribution < 1.29 is 19.0 Å². The molecule has 0 radical (unpaired) electrons. The van der Waals surface area contributed by atoms with Crippen LogP contribution in [0.4, 0.5) is 10.1 Å². The van der Waals surface area contributed by atoms with Crippen LogP contribution in [0.1, 0.15) is 25.0 Å². The number of halogens is 1. The van der Waals surface area contributed by atoms with Crippen molar-refractivity contribution in [2.24, 2.45) is 4.99 Å². The standard InChI is InChI=1S/C29H28FN3O3/c1-5-36-26-13-6-17(2)14-22(26)19-7-9-20(10-8-19)27-24(16-31-4)28(32-18(3)29(34)35)23-15-21(30)11-12-25(23)33-27/h6-16,18H,5H2,1-4H3,(H,32,33)(H,34,35). The Labute approximate surface area is 209 Å². The lowest BCUT2D eigenvalue weighted by molar-refractivity contribution is -0.137. The molecule has 1 aromatic heterocycles. The van der Waals surface area contributed by atoms with E-state index in [2.05, 4.69) is 16.4 Å². The number of rotatable bonds is 8. The summed E-state index contributed by atoms with van der Waals surface area (Å²) in [6.07, 6.45) is 1.62. The number of aryl methyl sites for hydroxylation is 1. The second-order valence-electron chi connectivity index (χ2n) is 8.51. The molecule has 0 aliphatic heterocycles. The molecule has 1 atom stereocenters. The van der Waals surface area contributed by atoms with Crippen LogP contribution < -0.4 is 10.1 Å². The highest BCUT2D eigenvalue weighted by Gasteiger charge is 2.20. The predicted octanol–water partition coefficient (Wildman–Crippen LogP) is 6.35. The van der Waals surface area contributed by atoms with Crippen LogP contribution in [0.15, 0.2) is 65.7 Å². The van der Waals surface area contributed by atoms with E-state index in [0.717, 1.165) is 28.0 Å². The van der Waals surface area contributed by atoms with Crippen LogP contribution in [-0.2, 0) is 4.79 Å². The van der Waals surface area contributed by atoms with Gasteiger partial charge in [-0.1, -0.05) is 35.9 Å². The van der Waals surface area contributed by atoms with Crippen molar-refractivity contribution in [3.8, 4) is 28.1 Å². The van der Waals surface area contributed by atoms with Gasteiger partial charge in [0.25, 0.3) is 0 Å². The highest BCUT2D eigenvalue weighted by Crippen LogP contribution is 2.36. The number of nitrogens with one attached hydrogen (secondary N) is 1. The molecule has 184 valence electrons. The molecule has 0 aliphatic carbocycles. The van der Waals surface area contributed by atoms with Crippen LogP contribution in [0.3, 0.4) is 0 Å². The molecule has 36 heavy (non-hydrogen) atoms. The van der Waals surface area contributed by atoms with Crippen molar-refractivity contribution in [2.45, 2.75) is 26.8 Å². The average Bonchev–Trinajstić information content (AvgIpc) is 2.86. The first-order valence-corrected chi connectivity index (χ1v) is 11.7. The molecule has 6 nitrogen and oxygen atoms in total. The number of aliphatic carboxylic acids is 1. The highest BCUT2D eigenvalue weighted by molar-refractivity contribution is 6.07. The summed E-state index contributed by atoms with van der Waals surface area (Å²) >= 11 is 0. The monoisotopic (exact) mass is 485 g/mol. The van der Waals surface area contributed by atoms with Gasteiger partial charge >= 0.3 is 5.97 Å². The number of nitrogens with zero attached hydrogens (tertiary/aromatic N) is 2. The van der Waals surface area contributed by atoms with Gasteiger partial charge in [-0.3, -0.25) is 9.79 Å². The average molecular weight is 486 g/mol. The van der Waals surface area contributed by atoms with E-state index in [1.54, 1.807) is 19.3 Å². The molecule has 0 aliphatic rings. The molecule has 2 N–H and O–H groups in total. The van der Waals surface area contributed by atoms with Gasteiger partial charge in [-0.05, 0) is 56.7 Å². The normalized spacial score (nSPS) is 12.1. The Morgan fingerprint density at radius 3 is 2.53 bits per heavy atom. The van der Waals surface area contributed by atoms with E-state index in [4.69, 9.17) is 9.72 Å². The van der Waals surface area contributed by atoms with Gasteiger partial charge in [-0.2, -0.15) is 0 Å². The first-order chi connectivity index (χ1) is 17.3. The molecule has 4 aromatic rings. The zero-order valence-corrected chi connectivity index (χ0v) is 20.7. The zero-order valence-electron chi connectivity index (χ0n) is 20.7. The smallest absolute Gasteiger partial charge is 0.325 e. The topological polar surface area (TPSA) is 83.8 Å². The number of carboxylic acid groups (broad SMARTS) is 1. The molecule has 0 bridgehead atoms. The predicted molar refractivity (Wildman–Crippen MR) is 143 cm³/mol. The van der Waals surface area contributed by atoms with Crippen molar-refractivity contribution in [3.63, 3.8) is 0 Å². The van der Waals surface area contributed by atoms with Gasteiger partial charge in [0.2, 0.25) is 0 Å². The molecule has 7 heteroatoms. The quantitative estimate of drug-likeness (QED) is 0.284. The van der Waals surface area contributed by atoms with Crippen LogP contribution in [0.25, 0.3) is 33.3 Å². The Bertz CT molecular complexity index is 1450. The van der Waals surface area contributed by atoms with Crippen molar-refractivity contribution in [3.05, 3.63) is 77.6 Å². The van der Waals surface area contributed by atoms with Gasteiger partial charge in [0.15, 0.2) is 0 Å². The minimum atomic E-state index is -1.02. The molecule has 3 aromatic carbocycles. The summed E-state index contributed by atoms with van der Waals surface area (Å²) in [5.41, 5.74) is 6.15. The molecule has 1 unspecified atom stereocenters. The molecule has 4 rings (SSSR count). The van der Waals surface area contributed by atoms with Gasteiger partial charge in [-0.15, -0.1) is 0 Å². The fourth-order valence-electron chi connectivity index (χ4n) is 4.12. The van der Waals surface area contributed by atoms with Crippen LogP contribution >= 0.6 is 0 Å². The number of ether oxygens (including phenoxy) is 1. The molecular formula is C29H28FN3O3. The second-order valence-corrected chi connectivity index (χ2v) is 8.51. The minimum Gasteiger partial charge on any atom is -0.493 e. The number of anilines is 1. The Kier molecular flexibility index (Phi) is 7.29. The summed E-state index contributed by atoms with van der Waals surface area (Å²) in [7, 11) is 1.63. The lowest BCUT2D eigenvalue weighted by atomic mass is 9.97. The maximum Gasteiger partial charge on any atom is 0.325 e. The third-order valence-corrected chi connectivity index (χ3v) is 5.88. The summed E-state index contributed by atoms with van der Waals surface area (Å²) in [6.45, 7) is 6.10. The second kappa shape index (κ2) is 10.6. The summed E-state index contributed by atoms with van der Waals surface area (Å²) in [5, 5.41) is 13.0. The van der Waals surface area contributed by atoms with E-state index >= 15 is 0 Å². The number of aromatic nitrogens is 1. The number of carbonyl (C=O) groups is 1. The Balaban J connectivity index is 1.89. The van der Waals surface area contributed by atoms with Gasteiger partial charge < -0.3 is 15.2 Å². The van der Waals surface area contributed by atoms with Crippen LogP contribution in [0.2, 0.25) is 0 Å². The summed E-state index contributed by atoms with van der Waals surface area (Å²) < 4.78 is 20.0. The fourth-order valence-corrected chi connectivity index (χ4v) is 4.12. The number of fused-ring (bicyclic) bond motifs is 1. The van der Waals surface area contributed by atoms with Crippen LogP contribution in [-0.4, -0.2) is 42.0 Å². The summed E-state index contributed by atoms with van der Waals surface area (Å²) in [5.74, 6) is -0.644. The highest BCUT2D eigenvalue weighted by atomic mass is 19.1. The summed E-state index contributed by atoms with van der Waals surface area (Å²) in [4.78, 5) is 20.6. The van der Waals surface area contributed by atoms with Gasteiger partial charge in [0.1, 0.15) is 17.6 Å². The molecule has 0 fully saturated rings. The third kappa shape index (κ3) is 5.05. The first kappa shape index (κ1) is 24.9. The molecular weight excluding hydrogens is 457 g/mol. The van der Waals surface area contributed by atoms with Gasteiger partial charge in [0.05, 0.1) is 23.5 Å². The number of benzene rings is 3. The maximum absolute atomic E-state index is 14.2. The number of hydrogen-bond acceptors (Lipinski definition) is 5. The van der Waals surface area contributed by atoms with Gasteiger partial charge in [0, 0.05) is 35.3 Å². The number of pyridine rings is 1. The molecule has 0 saturated carbocycles. The van der Waals surface area contributed by atoms with E-state index in [-0.39, 0.29) is 0 Å². The van der Waals surface area contributed by atoms with Gasteiger partial charge in [-0.25, -0.2) is 9.37 Å². The zero-order chi connectivity index (χ0) is 25.8. The van der Waals surface area contributed by atoms with Crippen molar-refractivity contribution in [1.29, 1.82) is 0 Å². The molecule has 1 heterocycles. The van der Waals surface area contributed by atoms with Crippen LogP contribution in [0, 0.1) is 12.7 Å². The fraction of sp³-hybridized carbons (Fsp3) is 0.207. The van der Waals surface area contributed by atoms with E-state index in [1.807, 2.05) is 50.2 Å². The number of hydrogen-bond donors (Lipinski definition) is 2. The van der Waals surface area contributed by atoms with Crippen molar-refractivity contribution in [1.82, 2.24) is 4.98 Å². The molecule has 0 spiro atoms. The van der Waals surface area contributed by atoms with E-state index in [9.17, 15) is 14.3 Å². The van der Waals surface area contributed by atoms with Crippen molar-refractivity contribution >= 4 is 28.8 Å². The van der Waals surface area contributed by atoms with E-state index in [1.165, 1.54) is 19.1 Å². The first-order valence-electron chi connectivity index (χ1n) is 11.7. The van der Waals surface area contributed by atoms with Crippen LogP contribution in [0.5, 0.6) is 5.75 Å². The molecule has 0 saturated heterocycles. The summed E-state index contributed by atoms with van der Waals surface area (Å²) in [6, 6.07) is 17.4. The third-order valence-electron chi connectivity index (χ3n) is 5.88. The van der Waals surface area contributed by atoms with Crippen molar-refractivity contribution in [2.75, 3.05) is 19.0 Å².